The summed E-state index contributed by atoms with van der Waals surface area (Å²) in [6.07, 6.45) is 1.03. The Labute approximate surface area is 144 Å². The summed E-state index contributed by atoms with van der Waals surface area (Å²) in [4.78, 5) is 12.0. The van der Waals surface area contributed by atoms with E-state index in [0.29, 0.717) is 17.3 Å². The van der Waals surface area contributed by atoms with Gasteiger partial charge in [0, 0.05) is 11.8 Å². The number of sulfonamides is 1. The Morgan fingerprint density at radius 2 is 1.84 bits per heavy atom. The van der Waals surface area contributed by atoms with E-state index < -0.39 is 33.7 Å². The molecule has 9 heteroatoms. The van der Waals surface area contributed by atoms with Gasteiger partial charge in [0.1, 0.15) is 11.6 Å². The van der Waals surface area contributed by atoms with Crippen molar-refractivity contribution in [3.8, 4) is 0 Å². The molecule has 0 bridgehead atoms. The van der Waals surface area contributed by atoms with Crippen LogP contribution in [0.15, 0.2) is 42.5 Å². The summed E-state index contributed by atoms with van der Waals surface area (Å²) < 4.78 is 51.3. The lowest BCUT2D eigenvalue weighted by Crippen LogP contribution is -2.31. The average Bonchev–Trinajstić information content (AvgIpc) is 2.48. The van der Waals surface area contributed by atoms with Gasteiger partial charge in [-0.1, -0.05) is 12.1 Å². The van der Waals surface area contributed by atoms with Crippen molar-refractivity contribution in [3.63, 3.8) is 0 Å². The Bertz CT molecular complexity index is 888. The molecule has 0 aliphatic heterocycles. The highest BCUT2D eigenvalue weighted by Gasteiger charge is 2.13. The van der Waals surface area contributed by atoms with Crippen LogP contribution in [0.25, 0.3) is 0 Å². The van der Waals surface area contributed by atoms with E-state index in [9.17, 15) is 22.0 Å². The van der Waals surface area contributed by atoms with Gasteiger partial charge in [0.2, 0.25) is 10.0 Å². The van der Waals surface area contributed by atoms with Crippen molar-refractivity contribution < 1.29 is 22.0 Å². The van der Waals surface area contributed by atoms with E-state index in [-0.39, 0.29) is 5.69 Å². The van der Waals surface area contributed by atoms with Crippen molar-refractivity contribution in [2.24, 2.45) is 0 Å². The summed E-state index contributed by atoms with van der Waals surface area (Å²) in [6.45, 7) is 1.68. The Kier molecular flexibility index (Phi) is 5.58. The minimum Gasteiger partial charge on any atom is -0.331 e. The van der Waals surface area contributed by atoms with E-state index in [1.54, 1.807) is 31.2 Å². The molecule has 0 radical (unpaired) electrons. The normalized spacial score (nSPS) is 12.3. The van der Waals surface area contributed by atoms with Gasteiger partial charge in [-0.15, -0.1) is 0 Å². The maximum Gasteiger partial charge on any atom is 0.319 e. The van der Waals surface area contributed by atoms with Crippen molar-refractivity contribution in [3.05, 3.63) is 59.7 Å². The summed E-state index contributed by atoms with van der Waals surface area (Å²) >= 11 is 0. The zero-order valence-corrected chi connectivity index (χ0v) is 14.3. The number of halogens is 2. The highest BCUT2D eigenvalue weighted by atomic mass is 32.2. The van der Waals surface area contributed by atoms with Crippen molar-refractivity contribution >= 4 is 27.4 Å². The average molecular weight is 369 g/mol. The second kappa shape index (κ2) is 7.47. The van der Waals surface area contributed by atoms with Crippen molar-refractivity contribution in [1.29, 1.82) is 0 Å². The molecule has 3 N–H and O–H groups in total. The van der Waals surface area contributed by atoms with Crippen LogP contribution in [-0.2, 0) is 10.0 Å². The van der Waals surface area contributed by atoms with Gasteiger partial charge in [-0.2, -0.15) is 0 Å². The molecule has 0 aliphatic carbocycles. The number of benzene rings is 2. The number of hydrogen-bond donors (Lipinski definition) is 3. The molecule has 0 saturated carbocycles. The molecule has 134 valence electrons. The van der Waals surface area contributed by atoms with Crippen LogP contribution < -0.4 is 15.4 Å². The van der Waals surface area contributed by atoms with Gasteiger partial charge in [-0.05, 0) is 36.8 Å². The van der Waals surface area contributed by atoms with Crippen LogP contribution >= 0.6 is 0 Å². The van der Waals surface area contributed by atoms with Gasteiger partial charge < -0.3 is 10.6 Å². The largest absolute Gasteiger partial charge is 0.331 e. The second-order valence-electron chi connectivity index (χ2n) is 5.44. The quantitative estimate of drug-likeness (QED) is 0.756. The predicted octanol–water partition coefficient (Wildman–Crippen LogP) is 3.22. The topological polar surface area (TPSA) is 87.3 Å². The standard InChI is InChI=1S/C16H17F2N3O3S/c1-10(11-4-3-5-13(8-11)21-25(2,23)24)19-16(22)20-15-7-6-12(17)9-14(15)18/h3-10,21H,1-2H3,(H2,19,20,22)/t10-/m1/s1. The van der Waals surface area contributed by atoms with Crippen molar-refractivity contribution in [2.75, 3.05) is 16.3 Å². The van der Waals surface area contributed by atoms with Gasteiger partial charge in [0.25, 0.3) is 0 Å². The van der Waals surface area contributed by atoms with Crippen molar-refractivity contribution in [1.82, 2.24) is 5.32 Å². The third-order valence-corrected chi connectivity index (χ3v) is 3.82. The monoisotopic (exact) mass is 369 g/mol. The van der Waals surface area contributed by atoms with Crippen LogP contribution in [0.2, 0.25) is 0 Å². The van der Waals surface area contributed by atoms with Gasteiger partial charge in [0.15, 0.2) is 0 Å². The predicted molar refractivity (Wildman–Crippen MR) is 91.8 cm³/mol. The maximum atomic E-state index is 13.5. The fraction of sp³-hybridized carbons (Fsp3) is 0.188. The number of hydrogen-bond acceptors (Lipinski definition) is 3. The summed E-state index contributed by atoms with van der Waals surface area (Å²) in [5.74, 6) is -1.63. The first-order chi connectivity index (χ1) is 11.6. The Morgan fingerprint density at radius 1 is 1.12 bits per heavy atom. The fourth-order valence-electron chi connectivity index (χ4n) is 2.11. The van der Waals surface area contributed by atoms with Gasteiger partial charge in [0.05, 0.1) is 18.0 Å². The fourth-order valence-corrected chi connectivity index (χ4v) is 2.67. The molecule has 25 heavy (non-hydrogen) atoms. The molecule has 0 spiro atoms. The van der Waals surface area contributed by atoms with Crippen LogP contribution in [0, 0.1) is 11.6 Å². The lowest BCUT2D eigenvalue weighted by atomic mass is 10.1. The van der Waals surface area contributed by atoms with Gasteiger partial charge in [-0.25, -0.2) is 22.0 Å². The van der Waals surface area contributed by atoms with Crippen LogP contribution in [0.3, 0.4) is 0 Å². The van der Waals surface area contributed by atoms with E-state index >= 15 is 0 Å². The Hall–Kier alpha value is -2.68. The van der Waals surface area contributed by atoms with Crippen LogP contribution in [0.1, 0.15) is 18.5 Å². The third kappa shape index (κ3) is 5.71. The lowest BCUT2D eigenvalue weighted by Gasteiger charge is -2.16. The highest BCUT2D eigenvalue weighted by Crippen LogP contribution is 2.19. The molecule has 1 atom stereocenters. The molecule has 6 nitrogen and oxygen atoms in total. The number of carbonyl (C=O) groups is 1. The number of carbonyl (C=O) groups excluding carboxylic acids is 1. The number of nitrogens with one attached hydrogen (secondary N) is 3. The molecule has 0 aromatic heterocycles. The van der Waals surface area contributed by atoms with E-state index in [1.807, 2.05) is 0 Å². The molecule has 0 saturated heterocycles. The molecule has 0 unspecified atom stereocenters. The third-order valence-electron chi connectivity index (χ3n) is 3.22. The first kappa shape index (κ1) is 18.7. The van der Waals surface area contributed by atoms with Gasteiger partial charge >= 0.3 is 6.03 Å². The lowest BCUT2D eigenvalue weighted by molar-refractivity contribution is 0.249. The number of rotatable bonds is 5. The van der Waals surface area contributed by atoms with Crippen LogP contribution in [0.5, 0.6) is 0 Å². The summed E-state index contributed by atoms with van der Waals surface area (Å²) in [6, 6.07) is 8.14. The molecule has 0 heterocycles. The minimum atomic E-state index is -3.41. The van der Waals surface area contributed by atoms with Crippen molar-refractivity contribution in [2.45, 2.75) is 13.0 Å². The summed E-state index contributed by atoms with van der Waals surface area (Å²) in [5.41, 5.74) is 0.848. The Morgan fingerprint density at radius 3 is 2.48 bits per heavy atom. The molecular weight excluding hydrogens is 352 g/mol. The molecule has 0 aliphatic rings. The highest BCUT2D eigenvalue weighted by molar-refractivity contribution is 7.92. The number of amides is 2. The van der Waals surface area contributed by atoms with Gasteiger partial charge in [-0.3, -0.25) is 4.72 Å². The maximum absolute atomic E-state index is 13.5. The first-order valence-corrected chi connectivity index (χ1v) is 9.13. The first-order valence-electron chi connectivity index (χ1n) is 7.24. The smallest absolute Gasteiger partial charge is 0.319 e. The molecule has 0 fully saturated rings. The zero-order chi connectivity index (χ0) is 18.6. The van der Waals surface area contributed by atoms with E-state index in [2.05, 4.69) is 15.4 Å². The van der Waals surface area contributed by atoms with Crippen LogP contribution in [-0.4, -0.2) is 20.7 Å². The minimum absolute atomic E-state index is 0.154. The second-order valence-corrected chi connectivity index (χ2v) is 7.19. The van der Waals surface area contributed by atoms with E-state index in [4.69, 9.17) is 0 Å². The number of anilines is 2. The van der Waals surface area contributed by atoms with Crippen LogP contribution in [0.4, 0.5) is 25.0 Å². The summed E-state index contributed by atoms with van der Waals surface area (Å²) in [5, 5.41) is 4.88. The molecule has 2 aromatic rings. The molecular formula is C16H17F2N3O3S. The number of urea groups is 1. The summed E-state index contributed by atoms with van der Waals surface area (Å²) in [7, 11) is -3.41. The zero-order valence-electron chi connectivity index (χ0n) is 13.5. The van der Waals surface area contributed by atoms with E-state index in [1.165, 1.54) is 0 Å². The Balaban J connectivity index is 2.04. The molecule has 2 amide bonds. The SMILES string of the molecule is C[C@@H](NC(=O)Nc1ccc(F)cc1F)c1cccc(NS(C)(=O)=O)c1. The molecule has 2 rings (SSSR count). The van der Waals surface area contributed by atoms with E-state index in [0.717, 1.165) is 18.4 Å². The molecule has 2 aromatic carbocycles.